The fraction of sp³-hybridized carbons (Fsp3) is 0.333. The Hall–Kier alpha value is -2.29. The van der Waals surface area contributed by atoms with Gasteiger partial charge in [-0.25, -0.2) is 4.39 Å². The quantitative estimate of drug-likeness (QED) is 0.593. The second kappa shape index (κ2) is 6.31. The first-order chi connectivity index (χ1) is 11.8. The Balaban J connectivity index is 1.76. The van der Waals surface area contributed by atoms with E-state index in [0.29, 0.717) is 5.75 Å². The Kier molecular flexibility index (Phi) is 4.01. The largest absolute Gasteiger partial charge is 0.487 e. The standard InChI is InChI=1S/C21H22FNO/c1-2-23-13-12-16-14-15(10-11-20(16)23)18-8-5-9-19(22)21(18)24-17-6-3-4-7-17/h5,8-14,17H,2-4,6-7H2,1H3. The number of aromatic nitrogens is 1. The third kappa shape index (κ3) is 2.68. The molecule has 0 saturated heterocycles. The van der Waals surface area contributed by atoms with Gasteiger partial charge >= 0.3 is 0 Å². The van der Waals surface area contributed by atoms with Gasteiger partial charge in [0.2, 0.25) is 0 Å². The maximum absolute atomic E-state index is 14.4. The molecule has 0 spiro atoms. The predicted molar refractivity (Wildman–Crippen MR) is 95.9 cm³/mol. The fourth-order valence-corrected chi connectivity index (χ4v) is 3.67. The van der Waals surface area contributed by atoms with E-state index >= 15 is 0 Å². The van der Waals surface area contributed by atoms with E-state index < -0.39 is 0 Å². The molecule has 1 aliphatic carbocycles. The van der Waals surface area contributed by atoms with Gasteiger partial charge < -0.3 is 9.30 Å². The average Bonchev–Trinajstić information content (AvgIpc) is 3.25. The van der Waals surface area contributed by atoms with Gasteiger partial charge in [0.15, 0.2) is 11.6 Å². The normalized spacial score (nSPS) is 15.2. The molecule has 0 radical (unpaired) electrons. The van der Waals surface area contributed by atoms with Crippen LogP contribution in [0.1, 0.15) is 32.6 Å². The zero-order valence-electron chi connectivity index (χ0n) is 14.0. The maximum Gasteiger partial charge on any atom is 0.165 e. The number of hydrogen-bond acceptors (Lipinski definition) is 1. The zero-order chi connectivity index (χ0) is 16.5. The van der Waals surface area contributed by atoms with Crippen LogP contribution in [0.2, 0.25) is 0 Å². The van der Waals surface area contributed by atoms with Crippen LogP contribution in [-0.4, -0.2) is 10.7 Å². The molecule has 0 atom stereocenters. The highest BCUT2D eigenvalue weighted by atomic mass is 19.1. The summed E-state index contributed by atoms with van der Waals surface area (Å²) in [5, 5.41) is 1.17. The molecule has 4 rings (SSSR count). The maximum atomic E-state index is 14.4. The first kappa shape index (κ1) is 15.3. The molecule has 0 aliphatic heterocycles. The minimum Gasteiger partial charge on any atom is -0.487 e. The summed E-state index contributed by atoms with van der Waals surface area (Å²) >= 11 is 0. The van der Waals surface area contributed by atoms with E-state index in [1.165, 1.54) is 29.8 Å². The van der Waals surface area contributed by atoms with Gasteiger partial charge in [-0.2, -0.15) is 0 Å². The van der Waals surface area contributed by atoms with Crippen molar-refractivity contribution in [3.8, 4) is 16.9 Å². The summed E-state index contributed by atoms with van der Waals surface area (Å²) in [4.78, 5) is 0. The molecular formula is C21H22FNO. The molecule has 24 heavy (non-hydrogen) atoms. The lowest BCUT2D eigenvalue weighted by atomic mass is 10.0. The van der Waals surface area contributed by atoms with Gasteiger partial charge in [-0.1, -0.05) is 18.2 Å². The number of halogens is 1. The first-order valence-electron chi connectivity index (χ1n) is 8.80. The topological polar surface area (TPSA) is 14.2 Å². The molecule has 2 nitrogen and oxygen atoms in total. The fourth-order valence-electron chi connectivity index (χ4n) is 3.67. The highest BCUT2D eigenvalue weighted by Gasteiger charge is 2.21. The van der Waals surface area contributed by atoms with Crippen LogP contribution in [0.3, 0.4) is 0 Å². The number of aryl methyl sites for hydroxylation is 1. The summed E-state index contributed by atoms with van der Waals surface area (Å²) in [5.41, 5.74) is 3.05. The Labute approximate surface area is 141 Å². The van der Waals surface area contributed by atoms with Crippen LogP contribution in [0.15, 0.2) is 48.7 Å². The molecule has 3 heteroatoms. The van der Waals surface area contributed by atoms with Crippen LogP contribution in [0.25, 0.3) is 22.0 Å². The summed E-state index contributed by atoms with van der Waals surface area (Å²) in [6, 6.07) is 13.6. The Morgan fingerprint density at radius 1 is 1.12 bits per heavy atom. The van der Waals surface area contributed by atoms with Crippen molar-refractivity contribution >= 4 is 10.9 Å². The highest BCUT2D eigenvalue weighted by Crippen LogP contribution is 2.36. The van der Waals surface area contributed by atoms with Crippen molar-refractivity contribution < 1.29 is 9.13 Å². The van der Waals surface area contributed by atoms with Crippen molar-refractivity contribution in [2.45, 2.75) is 45.3 Å². The second-order valence-electron chi connectivity index (χ2n) is 6.52. The van der Waals surface area contributed by atoms with E-state index in [9.17, 15) is 4.39 Å². The molecule has 1 fully saturated rings. The van der Waals surface area contributed by atoms with E-state index in [1.807, 2.05) is 6.07 Å². The molecule has 1 saturated carbocycles. The summed E-state index contributed by atoms with van der Waals surface area (Å²) in [5.74, 6) is 0.129. The Morgan fingerprint density at radius 2 is 1.96 bits per heavy atom. The van der Waals surface area contributed by atoms with Crippen LogP contribution in [-0.2, 0) is 6.54 Å². The number of ether oxygens (including phenoxy) is 1. The number of para-hydroxylation sites is 1. The molecule has 0 bridgehead atoms. The number of nitrogens with zero attached hydrogens (tertiary/aromatic N) is 1. The van der Waals surface area contributed by atoms with Crippen molar-refractivity contribution in [3.63, 3.8) is 0 Å². The van der Waals surface area contributed by atoms with Crippen LogP contribution in [0.4, 0.5) is 4.39 Å². The van der Waals surface area contributed by atoms with E-state index in [1.54, 1.807) is 6.07 Å². The SMILES string of the molecule is CCn1ccc2cc(-c3cccc(F)c3OC3CCCC3)ccc21. The van der Waals surface area contributed by atoms with Gasteiger partial charge in [-0.05, 0) is 62.4 Å². The van der Waals surface area contributed by atoms with Gasteiger partial charge in [0, 0.05) is 29.2 Å². The van der Waals surface area contributed by atoms with E-state index in [-0.39, 0.29) is 11.9 Å². The van der Waals surface area contributed by atoms with Crippen LogP contribution in [0.5, 0.6) is 5.75 Å². The number of rotatable bonds is 4. The molecular weight excluding hydrogens is 301 g/mol. The zero-order valence-corrected chi connectivity index (χ0v) is 14.0. The van der Waals surface area contributed by atoms with Crippen molar-refractivity contribution in [3.05, 3.63) is 54.5 Å². The summed E-state index contributed by atoms with van der Waals surface area (Å²) in [7, 11) is 0. The van der Waals surface area contributed by atoms with Crippen LogP contribution in [0, 0.1) is 5.82 Å². The smallest absolute Gasteiger partial charge is 0.165 e. The Bertz CT molecular complexity index is 861. The van der Waals surface area contributed by atoms with Gasteiger partial charge in [0.05, 0.1) is 6.10 Å². The van der Waals surface area contributed by atoms with Gasteiger partial charge in [-0.15, -0.1) is 0 Å². The lowest BCUT2D eigenvalue weighted by Crippen LogP contribution is -2.12. The first-order valence-corrected chi connectivity index (χ1v) is 8.80. The van der Waals surface area contributed by atoms with E-state index in [2.05, 4.69) is 42.0 Å². The summed E-state index contributed by atoms with van der Waals surface area (Å²) < 4.78 is 22.7. The highest BCUT2D eigenvalue weighted by molar-refractivity contribution is 5.86. The van der Waals surface area contributed by atoms with Gasteiger partial charge in [0.25, 0.3) is 0 Å². The van der Waals surface area contributed by atoms with Crippen molar-refractivity contribution in [1.29, 1.82) is 0 Å². The number of benzene rings is 2. The van der Waals surface area contributed by atoms with Crippen LogP contribution < -0.4 is 4.74 Å². The van der Waals surface area contributed by atoms with Gasteiger partial charge in [0.1, 0.15) is 0 Å². The molecule has 0 N–H and O–H groups in total. The molecule has 1 aliphatic rings. The van der Waals surface area contributed by atoms with E-state index in [4.69, 9.17) is 4.74 Å². The van der Waals surface area contributed by atoms with E-state index in [0.717, 1.165) is 30.5 Å². The second-order valence-corrected chi connectivity index (χ2v) is 6.52. The summed E-state index contributed by atoms with van der Waals surface area (Å²) in [6.07, 6.45) is 6.62. The average molecular weight is 323 g/mol. The van der Waals surface area contributed by atoms with Crippen molar-refractivity contribution in [1.82, 2.24) is 4.57 Å². The molecule has 0 amide bonds. The Morgan fingerprint density at radius 3 is 2.75 bits per heavy atom. The van der Waals surface area contributed by atoms with Crippen molar-refractivity contribution in [2.24, 2.45) is 0 Å². The number of hydrogen-bond donors (Lipinski definition) is 0. The minimum absolute atomic E-state index is 0.144. The minimum atomic E-state index is -0.273. The third-order valence-electron chi connectivity index (χ3n) is 4.98. The molecule has 3 aromatic rings. The molecule has 124 valence electrons. The molecule has 0 unspecified atom stereocenters. The third-order valence-corrected chi connectivity index (χ3v) is 4.98. The molecule has 2 aromatic carbocycles. The predicted octanol–water partition coefficient (Wildman–Crippen LogP) is 5.79. The monoisotopic (exact) mass is 323 g/mol. The van der Waals surface area contributed by atoms with Crippen LogP contribution >= 0.6 is 0 Å². The van der Waals surface area contributed by atoms with Crippen molar-refractivity contribution in [2.75, 3.05) is 0 Å². The molecule has 1 aromatic heterocycles. The lowest BCUT2D eigenvalue weighted by molar-refractivity contribution is 0.202. The molecule has 1 heterocycles. The number of fused-ring (bicyclic) bond motifs is 1. The lowest BCUT2D eigenvalue weighted by Gasteiger charge is -2.17. The van der Waals surface area contributed by atoms with Gasteiger partial charge in [-0.3, -0.25) is 0 Å². The summed E-state index contributed by atoms with van der Waals surface area (Å²) in [6.45, 7) is 3.08.